The number of tetrazole rings is 1. The Morgan fingerprint density at radius 3 is 2.87 bits per heavy atom. The van der Waals surface area contributed by atoms with E-state index in [-0.39, 0.29) is 11.7 Å². The largest absolute Gasteiger partial charge is 0.381 e. The topological polar surface area (TPSA) is 69.9 Å². The maximum Gasteiger partial charge on any atom is 0.182 e. The molecule has 3 rings (SSSR count). The van der Waals surface area contributed by atoms with Crippen LogP contribution in [0.25, 0.3) is 0 Å². The highest BCUT2D eigenvalue weighted by Crippen LogP contribution is 2.51. The molecule has 0 aromatic carbocycles. The van der Waals surface area contributed by atoms with E-state index in [1.807, 2.05) is 0 Å². The lowest BCUT2D eigenvalue weighted by Gasteiger charge is -2.00. The molecule has 2 atom stereocenters. The predicted octanol–water partition coefficient (Wildman–Crippen LogP) is -0.786. The molecular weight excluding hydrogens is 196 g/mol. The number of nitrogens with zero attached hydrogens (tertiary/aromatic N) is 4. The van der Waals surface area contributed by atoms with Gasteiger partial charge in [-0.15, -0.1) is 10.2 Å². The van der Waals surface area contributed by atoms with Crippen LogP contribution in [0.15, 0.2) is 0 Å². The Bertz CT molecular complexity index is 393. The van der Waals surface area contributed by atoms with Gasteiger partial charge in [0.2, 0.25) is 0 Å². The fraction of sp³-hybridized carbons (Fsp3) is 0.778. The first-order valence-electron chi connectivity index (χ1n) is 5.09. The van der Waals surface area contributed by atoms with Crippen LogP contribution in [0.4, 0.5) is 0 Å². The van der Waals surface area contributed by atoms with Gasteiger partial charge in [0, 0.05) is 5.92 Å². The van der Waals surface area contributed by atoms with Crippen LogP contribution in [0.2, 0.25) is 0 Å². The molecule has 6 nitrogen and oxygen atoms in total. The molecule has 1 aliphatic carbocycles. The summed E-state index contributed by atoms with van der Waals surface area (Å²) in [5, 5.41) is 11.5. The molecule has 0 N–H and O–H groups in total. The quantitative estimate of drug-likeness (QED) is 0.651. The van der Waals surface area contributed by atoms with Crippen LogP contribution < -0.4 is 0 Å². The minimum atomic E-state index is 0.197. The number of carbonyl (C=O) groups excluding carboxylic acids is 1. The monoisotopic (exact) mass is 208 g/mol. The van der Waals surface area contributed by atoms with Gasteiger partial charge in [-0.25, -0.2) is 0 Å². The SMILES string of the molecule is Cn1nnc(CC(=O)C2C3COCC32)n1. The van der Waals surface area contributed by atoms with Crippen LogP contribution in [0.1, 0.15) is 5.82 Å². The molecule has 2 aliphatic rings. The van der Waals surface area contributed by atoms with E-state index in [2.05, 4.69) is 15.4 Å². The summed E-state index contributed by atoms with van der Waals surface area (Å²) in [6.07, 6.45) is 0.311. The number of rotatable bonds is 3. The Morgan fingerprint density at radius 1 is 1.53 bits per heavy atom. The highest BCUT2D eigenvalue weighted by molar-refractivity contribution is 5.86. The second kappa shape index (κ2) is 3.10. The van der Waals surface area contributed by atoms with E-state index in [0.29, 0.717) is 24.1 Å². The highest BCUT2D eigenvalue weighted by atomic mass is 16.5. The van der Waals surface area contributed by atoms with Gasteiger partial charge >= 0.3 is 0 Å². The molecule has 2 unspecified atom stereocenters. The lowest BCUT2D eigenvalue weighted by molar-refractivity contribution is -0.121. The first-order chi connectivity index (χ1) is 7.25. The molecule has 6 heteroatoms. The maximum absolute atomic E-state index is 11.8. The summed E-state index contributed by atoms with van der Waals surface area (Å²) in [5.74, 6) is 1.89. The van der Waals surface area contributed by atoms with Crippen LogP contribution in [-0.2, 0) is 23.0 Å². The van der Waals surface area contributed by atoms with Crippen molar-refractivity contribution in [2.45, 2.75) is 6.42 Å². The molecule has 1 aromatic heterocycles. The number of aryl methyl sites for hydroxylation is 1. The molecule has 1 aromatic rings. The number of aromatic nitrogens is 4. The Hall–Kier alpha value is -1.30. The maximum atomic E-state index is 11.8. The number of carbonyl (C=O) groups is 1. The molecule has 1 aliphatic heterocycles. The number of hydrogen-bond acceptors (Lipinski definition) is 5. The number of hydrogen-bond donors (Lipinski definition) is 0. The van der Waals surface area contributed by atoms with Crippen molar-refractivity contribution in [3.8, 4) is 0 Å². The van der Waals surface area contributed by atoms with Crippen molar-refractivity contribution in [3.63, 3.8) is 0 Å². The average Bonchev–Trinajstić information content (AvgIpc) is 2.60. The second-order valence-corrected chi connectivity index (χ2v) is 4.23. The van der Waals surface area contributed by atoms with Gasteiger partial charge in [-0.3, -0.25) is 4.79 Å². The van der Waals surface area contributed by atoms with Crippen molar-refractivity contribution >= 4 is 5.78 Å². The number of Topliss-reactive ketones (excluding diaryl/α,β-unsaturated/α-hetero) is 1. The summed E-state index contributed by atoms with van der Waals surface area (Å²) in [6.45, 7) is 1.49. The second-order valence-electron chi connectivity index (χ2n) is 4.23. The van der Waals surface area contributed by atoms with Crippen molar-refractivity contribution in [1.82, 2.24) is 20.2 Å². The van der Waals surface area contributed by atoms with Gasteiger partial charge in [-0.1, -0.05) is 0 Å². The smallest absolute Gasteiger partial charge is 0.182 e. The van der Waals surface area contributed by atoms with E-state index in [4.69, 9.17) is 4.74 Å². The molecule has 2 fully saturated rings. The molecule has 80 valence electrons. The molecule has 0 amide bonds. The van der Waals surface area contributed by atoms with Crippen LogP contribution in [0.5, 0.6) is 0 Å². The first-order valence-corrected chi connectivity index (χ1v) is 5.09. The average molecular weight is 208 g/mol. The van der Waals surface area contributed by atoms with E-state index >= 15 is 0 Å². The van der Waals surface area contributed by atoms with Gasteiger partial charge in [0.15, 0.2) is 5.82 Å². The molecule has 2 heterocycles. The normalized spacial score (nSPS) is 32.7. The van der Waals surface area contributed by atoms with Crippen molar-refractivity contribution in [3.05, 3.63) is 5.82 Å². The zero-order valence-corrected chi connectivity index (χ0v) is 8.46. The molecule has 0 spiro atoms. The van der Waals surface area contributed by atoms with Gasteiger partial charge in [0.1, 0.15) is 5.78 Å². The summed E-state index contributed by atoms with van der Waals surface area (Å²) >= 11 is 0. The van der Waals surface area contributed by atoms with E-state index in [9.17, 15) is 4.79 Å². The molecule has 0 bridgehead atoms. The van der Waals surface area contributed by atoms with Crippen molar-refractivity contribution < 1.29 is 9.53 Å². The summed E-state index contributed by atoms with van der Waals surface area (Å²) in [7, 11) is 1.70. The minimum absolute atomic E-state index is 0.197. The first kappa shape index (κ1) is 8.96. The summed E-state index contributed by atoms with van der Waals surface area (Å²) < 4.78 is 5.24. The molecule has 15 heavy (non-hydrogen) atoms. The summed E-state index contributed by atoms with van der Waals surface area (Å²) in [4.78, 5) is 13.2. The minimum Gasteiger partial charge on any atom is -0.381 e. The lowest BCUT2D eigenvalue weighted by atomic mass is 10.1. The lowest BCUT2D eigenvalue weighted by Crippen LogP contribution is -2.13. The summed E-state index contributed by atoms with van der Waals surface area (Å²) in [6, 6.07) is 0. The number of ketones is 1. The van der Waals surface area contributed by atoms with Crippen LogP contribution in [0.3, 0.4) is 0 Å². The van der Waals surface area contributed by atoms with Crippen molar-refractivity contribution in [1.29, 1.82) is 0 Å². The Balaban J connectivity index is 1.63. The molecular formula is C9H12N4O2. The fourth-order valence-corrected chi connectivity index (χ4v) is 2.39. The highest BCUT2D eigenvalue weighted by Gasteiger charge is 2.57. The standard InChI is InChI=1S/C9H12N4O2/c1-13-11-8(10-12-13)2-7(14)9-5-3-15-4-6(5)9/h5-6,9H,2-4H2,1H3. The third-order valence-corrected chi connectivity index (χ3v) is 3.21. The molecule has 1 saturated heterocycles. The van der Waals surface area contributed by atoms with Crippen LogP contribution >= 0.6 is 0 Å². The van der Waals surface area contributed by atoms with Crippen molar-refractivity contribution in [2.75, 3.05) is 13.2 Å². The van der Waals surface area contributed by atoms with Gasteiger partial charge < -0.3 is 4.74 Å². The fourth-order valence-electron chi connectivity index (χ4n) is 2.39. The van der Waals surface area contributed by atoms with E-state index < -0.39 is 0 Å². The van der Waals surface area contributed by atoms with Crippen molar-refractivity contribution in [2.24, 2.45) is 24.8 Å². The van der Waals surface area contributed by atoms with E-state index in [1.54, 1.807) is 7.05 Å². The third kappa shape index (κ3) is 1.45. The molecule has 1 saturated carbocycles. The van der Waals surface area contributed by atoms with Gasteiger partial charge in [0.25, 0.3) is 0 Å². The van der Waals surface area contributed by atoms with Gasteiger partial charge in [0.05, 0.1) is 26.7 Å². The van der Waals surface area contributed by atoms with Crippen LogP contribution in [-0.4, -0.2) is 39.2 Å². The van der Waals surface area contributed by atoms with E-state index in [0.717, 1.165) is 13.2 Å². The van der Waals surface area contributed by atoms with E-state index in [1.165, 1.54) is 4.80 Å². The Morgan fingerprint density at radius 2 is 2.27 bits per heavy atom. The van der Waals surface area contributed by atoms with Gasteiger partial charge in [-0.2, -0.15) is 4.80 Å². The summed E-state index contributed by atoms with van der Waals surface area (Å²) in [5.41, 5.74) is 0. The molecule has 0 radical (unpaired) electrons. The Kier molecular flexibility index (Phi) is 1.85. The Labute approximate surface area is 86.6 Å². The number of ether oxygens (including phenoxy) is 1. The zero-order chi connectivity index (χ0) is 10.4. The van der Waals surface area contributed by atoms with Gasteiger partial charge in [-0.05, 0) is 17.0 Å². The zero-order valence-electron chi connectivity index (χ0n) is 8.46. The number of fused-ring (bicyclic) bond motifs is 1. The van der Waals surface area contributed by atoms with Crippen LogP contribution in [0, 0.1) is 17.8 Å². The third-order valence-electron chi connectivity index (χ3n) is 3.21. The predicted molar refractivity (Wildman–Crippen MR) is 48.8 cm³/mol.